The van der Waals surface area contributed by atoms with Gasteiger partial charge in [0.15, 0.2) is 0 Å². The minimum atomic E-state index is -0.0534. The van der Waals surface area contributed by atoms with Gasteiger partial charge in [0, 0.05) is 5.69 Å². The number of hydrogen-bond donors (Lipinski definition) is 3. The zero-order valence-corrected chi connectivity index (χ0v) is 9.04. The average Bonchev–Trinajstić information content (AvgIpc) is 2.53. The van der Waals surface area contributed by atoms with E-state index >= 15 is 0 Å². The number of aliphatic hydroxyl groups excluding tert-OH is 1. The summed E-state index contributed by atoms with van der Waals surface area (Å²) < 4.78 is 0. The maximum Gasteiger partial charge on any atom is 0.0817 e. The van der Waals surface area contributed by atoms with Crippen molar-refractivity contribution in [1.82, 2.24) is 15.5 Å². The lowest BCUT2D eigenvalue weighted by Crippen LogP contribution is -2.28. The van der Waals surface area contributed by atoms with Crippen molar-refractivity contribution in [3.63, 3.8) is 0 Å². The maximum atomic E-state index is 9.19. The lowest BCUT2D eigenvalue weighted by molar-refractivity contribution is 0.238. The molecule has 0 aliphatic rings. The van der Waals surface area contributed by atoms with Gasteiger partial charge in [0.05, 0.1) is 18.3 Å². The zero-order chi connectivity index (χ0) is 10.6. The van der Waals surface area contributed by atoms with E-state index in [-0.39, 0.29) is 12.6 Å². The minimum Gasteiger partial charge on any atom is -0.394 e. The van der Waals surface area contributed by atoms with Crippen molar-refractivity contribution in [2.75, 3.05) is 13.2 Å². The van der Waals surface area contributed by atoms with Crippen molar-refractivity contribution in [3.8, 4) is 0 Å². The van der Waals surface area contributed by atoms with Crippen LogP contribution in [-0.2, 0) is 0 Å². The van der Waals surface area contributed by atoms with Gasteiger partial charge < -0.3 is 10.4 Å². The van der Waals surface area contributed by atoms with Crippen LogP contribution in [0, 0.1) is 12.8 Å². The second-order valence-electron chi connectivity index (χ2n) is 4.01. The largest absolute Gasteiger partial charge is 0.394 e. The van der Waals surface area contributed by atoms with Gasteiger partial charge in [-0.05, 0) is 25.5 Å². The van der Waals surface area contributed by atoms with Gasteiger partial charge in [-0.3, -0.25) is 5.10 Å². The van der Waals surface area contributed by atoms with Crippen molar-refractivity contribution in [1.29, 1.82) is 0 Å². The standard InChI is InChI=1S/C10H19N3O/c1-7(2)5-11-10(6-14)9-4-8(3)12-13-9/h4,7,10-11,14H,5-6H2,1-3H3,(H,12,13). The fourth-order valence-corrected chi connectivity index (χ4v) is 1.26. The Morgan fingerprint density at radius 1 is 1.57 bits per heavy atom. The molecule has 0 amide bonds. The zero-order valence-electron chi connectivity index (χ0n) is 9.04. The van der Waals surface area contributed by atoms with Gasteiger partial charge in [-0.15, -0.1) is 0 Å². The minimum absolute atomic E-state index is 0.0534. The van der Waals surface area contributed by atoms with Crippen LogP contribution in [-0.4, -0.2) is 28.5 Å². The van der Waals surface area contributed by atoms with Gasteiger partial charge in [-0.25, -0.2) is 0 Å². The van der Waals surface area contributed by atoms with E-state index in [4.69, 9.17) is 0 Å². The van der Waals surface area contributed by atoms with Crippen LogP contribution in [0.4, 0.5) is 0 Å². The molecule has 0 aromatic carbocycles. The Morgan fingerprint density at radius 3 is 2.71 bits per heavy atom. The number of hydrogen-bond acceptors (Lipinski definition) is 3. The highest BCUT2D eigenvalue weighted by Gasteiger charge is 2.12. The predicted molar refractivity (Wildman–Crippen MR) is 56.0 cm³/mol. The van der Waals surface area contributed by atoms with E-state index in [0.29, 0.717) is 5.92 Å². The Bertz CT molecular complexity index is 270. The van der Waals surface area contributed by atoms with Gasteiger partial charge in [-0.2, -0.15) is 5.10 Å². The molecule has 80 valence electrons. The quantitative estimate of drug-likeness (QED) is 0.660. The van der Waals surface area contributed by atoms with Crippen molar-refractivity contribution < 1.29 is 5.11 Å². The topological polar surface area (TPSA) is 60.9 Å². The molecule has 1 aromatic rings. The number of nitrogens with one attached hydrogen (secondary N) is 2. The molecule has 0 saturated carbocycles. The van der Waals surface area contributed by atoms with Crippen LogP contribution in [0.1, 0.15) is 31.3 Å². The average molecular weight is 197 g/mol. The third-order valence-corrected chi connectivity index (χ3v) is 2.04. The normalized spacial score (nSPS) is 13.5. The van der Waals surface area contributed by atoms with Crippen LogP contribution < -0.4 is 5.32 Å². The molecule has 0 spiro atoms. The summed E-state index contributed by atoms with van der Waals surface area (Å²) in [6.45, 7) is 7.19. The summed E-state index contributed by atoms with van der Waals surface area (Å²) in [5, 5.41) is 19.4. The van der Waals surface area contributed by atoms with E-state index in [2.05, 4.69) is 29.4 Å². The molecule has 4 heteroatoms. The summed E-state index contributed by atoms with van der Waals surface area (Å²) in [6, 6.07) is 1.90. The fraction of sp³-hybridized carbons (Fsp3) is 0.700. The Kier molecular flexibility index (Phi) is 4.10. The molecule has 0 bridgehead atoms. The molecule has 0 aliphatic heterocycles. The molecule has 4 nitrogen and oxygen atoms in total. The number of aryl methyl sites for hydroxylation is 1. The lowest BCUT2D eigenvalue weighted by Gasteiger charge is -2.15. The molecule has 1 rings (SSSR count). The van der Waals surface area contributed by atoms with Gasteiger partial charge >= 0.3 is 0 Å². The van der Waals surface area contributed by atoms with Crippen LogP contribution in [0.25, 0.3) is 0 Å². The van der Waals surface area contributed by atoms with Gasteiger partial charge in [0.25, 0.3) is 0 Å². The third kappa shape index (κ3) is 3.12. The van der Waals surface area contributed by atoms with Gasteiger partial charge in [0.1, 0.15) is 0 Å². The number of aromatic nitrogens is 2. The van der Waals surface area contributed by atoms with E-state index in [9.17, 15) is 5.11 Å². The second-order valence-corrected chi connectivity index (χ2v) is 4.01. The van der Waals surface area contributed by atoms with E-state index in [1.165, 1.54) is 0 Å². The van der Waals surface area contributed by atoms with Crippen molar-refractivity contribution in [2.45, 2.75) is 26.8 Å². The Morgan fingerprint density at radius 2 is 2.29 bits per heavy atom. The molecular formula is C10H19N3O. The first-order valence-electron chi connectivity index (χ1n) is 4.99. The maximum absolute atomic E-state index is 9.19. The molecule has 1 atom stereocenters. The fourth-order valence-electron chi connectivity index (χ4n) is 1.26. The third-order valence-electron chi connectivity index (χ3n) is 2.04. The van der Waals surface area contributed by atoms with Gasteiger partial charge in [-0.1, -0.05) is 13.8 Å². The molecule has 1 unspecified atom stereocenters. The Hall–Kier alpha value is -0.870. The first-order chi connectivity index (χ1) is 6.63. The summed E-state index contributed by atoms with van der Waals surface area (Å²) in [6.07, 6.45) is 0. The molecule has 3 N–H and O–H groups in total. The van der Waals surface area contributed by atoms with Crippen molar-refractivity contribution >= 4 is 0 Å². The molecule has 14 heavy (non-hydrogen) atoms. The summed E-state index contributed by atoms with van der Waals surface area (Å²) >= 11 is 0. The Balaban J connectivity index is 2.54. The van der Waals surface area contributed by atoms with Crippen molar-refractivity contribution in [3.05, 3.63) is 17.5 Å². The first-order valence-corrected chi connectivity index (χ1v) is 4.99. The smallest absolute Gasteiger partial charge is 0.0817 e. The van der Waals surface area contributed by atoms with Gasteiger partial charge in [0.2, 0.25) is 0 Å². The SMILES string of the molecule is Cc1cc(C(CO)NCC(C)C)n[nH]1. The summed E-state index contributed by atoms with van der Waals surface area (Å²) in [5.74, 6) is 0.573. The second kappa shape index (κ2) is 5.12. The van der Waals surface area contributed by atoms with Crippen LogP contribution >= 0.6 is 0 Å². The Labute approximate surface area is 84.7 Å². The van der Waals surface area contributed by atoms with E-state index in [0.717, 1.165) is 17.9 Å². The lowest BCUT2D eigenvalue weighted by atomic mass is 10.1. The van der Waals surface area contributed by atoms with Crippen LogP contribution in [0.5, 0.6) is 0 Å². The highest BCUT2D eigenvalue weighted by Crippen LogP contribution is 2.10. The number of H-pyrrole nitrogens is 1. The number of aliphatic hydroxyl groups is 1. The molecule has 1 heterocycles. The number of aromatic amines is 1. The molecular weight excluding hydrogens is 178 g/mol. The molecule has 0 fully saturated rings. The molecule has 1 aromatic heterocycles. The van der Waals surface area contributed by atoms with Crippen LogP contribution in [0.3, 0.4) is 0 Å². The molecule has 0 aliphatic carbocycles. The highest BCUT2D eigenvalue weighted by molar-refractivity contribution is 5.11. The summed E-state index contributed by atoms with van der Waals surface area (Å²) in [7, 11) is 0. The predicted octanol–water partition coefficient (Wildman–Crippen LogP) is 0.997. The van der Waals surface area contributed by atoms with Crippen molar-refractivity contribution in [2.24, 2.45) is 5.92 Å². The molecule has 0 radical (unpaired) electrons. The van der Waals surface area contributed by atoms with E-state index < -0.39 is 0 Å². The molecule has 0 saturated heterocycles. The monoisotopic (exact) mass is 197 g/mol. The van der Waals surface area contributed by atoms with E-state index in [1.54, 1.807) is 0 Å². The number of rotatable bonds is 5. The summed E-state index contributed by atoms with van der Waals surface area (Å²) in [4.78, 5) is 0. The summed E-state index contributed by atoms with van der Waals surface area (Å²) in [5.41, 5.74) is 1.90. The number of nitrogens with zero attached hydrogens (tertiary/aromatic N) is 1. The van der Waals surface area contributed by atoms with E-state index in [1.807, 2.05) is 13.0 Å². The first kappa shape index (κ1) is 11.2. The highest BCUT2D eigenvalue weighted by atomic mass is 16.3. The van der Waals surface area contributed by atoms with Crippen LogP contribution in [0.15, 0.2) is 6.07 Å². The van der Waals surface area contributed by atoms with Crippen LogP contribution in [0.2, 0.25) is 0 Å².